The Balaban J connectivity index is 1.59. The average Bonchev–Trinajstić information content (AvgIpc) is 3.13. The van der Waals surface area contributed by atoms with Crippen LogP contribution in [0, 0.1) is 5.92 Å². The van der Waals surface area contributed by atoms with Crippen molar-refractivity contribution >= 4 is 17.3 Å². The summed E-state index contributed by atoms with van der Waals surface area (Å²) >= 11 is 1.80. The zero-order valence-corrected chi connectivity index (χ0v) is 13.0. The summed E-state index contributed by atoms with van der Waals surface area (Å²) in [7, 11) is 0. The van der Waals surface area contributed by atoms with E-state index in [1.807, 2.05) is 0 Å². The zero-order valence-electron chi connectivity index (χ0n) is 12.2. The molecule has 1 aromatic rings. The first-order valence-corrected chi connectivity index (χ1v) is 8.38. The molecular weight excluding hydrogens is 270 g/mol. The molecule has 0 saturated heterocycles. The summed E-state index contributed by atoms with van der Waals surface area (Å²) < 4.78 is 5.59. The minimum Gasteiger partial charge on any atom is -0.379 e. The van der Waals surface area contributed by atoms with E-state index < -0.39 is 0 Å². The zero-order chi connectivity index (χ0) is 14.0. The fourth-order valence-corrected chi connectivity index (χ4v) is 2.57. The van der Waals surface area contributed by atoms with Gasteiger partial charge in [0.15, 0.2) is 5.96 Å². The predicted molar refractivity (Wildman–Crippen MR) is 85.5 cm³/mol. The van der Waals surface area contributed by atoms with E-state index in [0.717, 1.165) is 51.1 Å². The minimum atomic E-state index is 0.720. The summed E-state index contributed by atoms with van der Waals surface area (Å²) in [6.45, 7) is 6.24. The number of hydrogen-bond acceptors (Lipinski definition) is 3. The summed E-state index contributed by atoms with van der Waals surface area (Å²) in [5.74, 6) is 1.72. The largest absolute Gasteiger partial charge is 0.379 e. The number of guanidine groups is 1. The predicted octanol–water partition coefficient (Wildman–Crippen LogP) is 2.27. The molecule has 2 N–H and O–H groups in total. The van der Waals surface area contributed by atoms with Crippen LogP contribution in [0.5, 0.6) is 0 Å². The lowest BCUT2D eigenvalue weighted by molar-refractivity contribution is 0.131. The van der Waals surface area contributed by atoms with Gasteiger partial charge in [0.1, 0.15) is 0 Å². The third-order valence-corrected chi connectivity index (χ3v) is 4.08. The highest BCUT2D eigenvalue weighted by Gasteiger charge is 2.20. The Morgan fingerprint density at radius 1 is 1.45 bits per heavy atom. The Hall–Kier alpha value is -1.07. The monoisotopic (exact) mass is 295 g/mol. The van der Waals surface area contributed by atoms with Crippen LogP contribution in [0.1, 0.15) is 24.6 Å². The Morgan fingerprint density at radius 2 is 2.35 bits per heavy atom. The van der Waals surface area contributed by atoms with Crippen LogP contribution in [0.3, 0.4) is 0 Å². The third-order valence-electron chi connectivity index (χ3n) is 3.14. The Bertz CT molecular complexity index is 388. The molecule has 0 aliphatic heterocycles. The molecule has 0 amide bonds. The van der Waals surface area contributed by atoms with Gasteiger partial charge in [0.25, 0.3) is 0 Å². The van der Waals surface area contributed by atoms with E-state index in [2.05, 4.69) is 40.1 Å². The number of nitrogens with zero attached hydrogens (tertiary/aromatic N) is 1. The number of thiophene rings is 1. The molecule has 0 spiro atoms. The highest BCUT2D eigenvalue weighted by Crippen LogP contribution is 2.28. The lowest BCUT2D eigenvalue weighted by atomic mass is 10.3. The molecule has 112 valence electrons. The molecular formula is C15H25N3OS. The van der Waals surface area contributed by atoms with Crippen molar-refractivity contribution in [2.75, 3.05) is 32.8 Å². The van der Waals surface area contributed by atoms with Crippen LogP contribution in [0.25, 0.3) is 0 Å². The summed E-state index contributed by atoms with van der Waals surface area (Å²) in [5.41, 5.74) is 0. The lowest BCUT2D eigenvalue weighted by Crippen LogP contribution is -2.38. The highest BCUT2D eigenvalue weighted by atomic mass is 32.1. The lowest BCUT2D eigenvalue weighted by Gasteiger charge is -2.10. The van der Waals surface area contributed by atoms with Gasteiger partial charge in [-0.25, -0.2) is 0 Å². The van der Waals surface area contributed by atoms with Gasteiger partial charge in [-0.3, -0.25) is 4.99 Å². The second-order valence-electron chi connectivity index (χ2n) is 5.04. The Kier molecular flexibility index (Phi) is 6.88. The number of aliphatic imine (C=N–C) groups is 1. The van der Waals surface area contributed by atoms with Crippen LogP contribution in [0.4, 0.5) is 0 Å². The second-order valence-corrected chi connectivity index (χ2v) is 6.07. The van der Waals surface area contributed by atoms with E-state index in [0.29, 0.717) is 0 Å². The van der Waals surface area contributed by atoms with Gasteiger partial charge in [-0.2, -0.15) is 0 Å². The second kappa shape index (κ2) is 8.97. The van der Waals surface area contributed by atoms with Gasteiger partial charge < -0.3 is 15.4 Å². The standard InChI is InChI=1S/C15H25N3OS/c1-2-16-15(17-8-7-14-4-3-11-20-14)18-9-10-19-12-13-5-6-13/h3-4,11,13H,2,5-10,12H2,1H3,(H2,16,17,18). The highest BCUT2D eigenvalue weighted by molar-refractivity contribution is 7.09. The van der Waals surface area contributed by atoms with E-state index in [-0.39, 0.29) is 0 Å². The quantitative estimate of drug-likeness (QED) is 0.417. The number of rotatable bonds is 9. The topological polar surface area (TPSA) is 45.7 Å². The van der Waals surface area contributed by atoms with Crippen molar-refractivity contribution in [3.63, 3.8) is 0 Å². The maximum absolute atomic E-state index is 5.59. The van der Waals surface area contributed by atoms with Crippen LogP contribution in [-0.4, -0.2) is 38.8 Å². The molecule has 20 heavy (non-hydrogen) atoms. The summed E-state index contributed by atoms with van der Waals surface area (Å²) in [6, 6.07) is 4.26. The molecule has 1 aromatic heterocycles. The van der Waals surface area contributed by atoms with Gasteiger partial charge in [0, 0.05) is 24.6 Å². The molecule has 1 aliphatic carbocycles. The van der Waals surface area contributed by atoms with E-state index >= 15 is 0 Å². The first-order chi connectivity index (χ1) is 9.88. The van der Waals surface area contributed by atoms with Gasteiger partial charge in [-0.1, -0.05) is 6.07 Å². The summed E-state index contributed by atoms with van der Waals surface area (Å²) in [6.07, 6.45) is 3.73. The number of ether oxygens (including phenoxy) is 1. The van der Waals surface area contributed by atoms with Crippen LogP contribution >= 0.6 is 11.3 Å². The van der Waals surface area contributed by atoms with Crippen molar-refractivity contribution in [2.24, 2.45) is 10.9 Å². The fraction of sp³-hybridized carbons (Fsp3) is 0.667. The SMILES string of the molecule is CCNC(=NCCOCC1CC1)NCCc1cccs1. The molecule has 5 heteroatoms. The molecule has 2 rings (SSSR count). The Morgan fingerprint density at radius 3 is 3.05 bits per heavy atom. The van der Waals surface area contributed by atoms with Crippen molar-refractivity contribution in [2.45, 2.75) is 26.2 Å². The molecule has 1 aliphatic rings. The first-order valence-electron chi connectivity index (χ1n) is 7.50. The normalized spacial score (nSPS) is 15.3. The van der Waals surface area contributed by atoms with E-state index in [1.165, 1.54) is 17.7 Å². The van der Waals surface area contributed by atoms with Crippen LogP contribution in [-0.2, 0) is 11.2 Å². The molecule has 0 atom stereocenters. The van der Waals surface area contributed by atoms with Crippen molar-refractivity contribution < 1.29 is 4.74 Å². The van der Waals surface area contributed by atoms with E-state index in [1.54, 1.807) is 11.3 Å². The molecule has 1 saturated carbocycles. The fourth-order valence-electron chi connectivity index (χ4n) is 1.86. The Labute approximate surface area is 125 Å². The summed E-state index contributed by atoms with van der Waals surface area (Å²) in [4.78, 5) is 5.93. The van der Waals surface area contributed by atoms with Gasteiger partial charge in [0.05, 0.1) is 13.2 Å². The molecule has 0 aromatic carbocycles. The third kappa shape index (κ3) is 6.39. The number of nitrogens with one attached hydrogen (secondary N) is 2. The van der Waals surface area contributed by atoms with Gasteiger partial charge in [-0.05, 0) is 43.6 Å². The maximum Gasteiger partial charge on any atom is 0.191 e. The van der Waals surface area contributed by atoms with Crippen LogP contribution < -0.4 is 10.6 Å². The molecule has 1 fully saturated rings. The van der Waals surface area contributed by atoms with Crippen molar-refractivity contribution in [3.8, 4) is 0 Å². The van der Waals surface area contributed by atoms with Crippen molar-refractivity contribution in [1.82, 2.24) is 10.6 Å². The van der Waals surface area contributed by atoms with Crippen LogP contribution in [0.2, 0.25) is 0 Å². The molecule has 0 unspecified atom stereocenters. The summed E-state index contributed by atoms with van der Waals surface area (Å²) in [5, 5.41) is 8.74. The van der Waals surface area contributed by atoms with E-state index in [9.17, 15) is 0 Å². The first kappa shape index (κ1) is 15.3. The molecule has 0 radical (unpaired) electrons. The minimum absolute atomic E-state index is 0.720. The maximum atomic E-state index is 5.59. The average molecular weight is 295 g/mol. The van der Waals surface area contributed by atoms with E-state index in [4.69, 9.17) is 4.74 Å². The molecule has 0 bridgehead atoms. The van der Waals surface area contributed by atoms with Crippen molar-refractivity contribution in [3.05, 3.63) is 22.4 Å². The van der Waals surface area contributed by atoms with Gasteiger partial charge in [-0.15, -0.1) is 11.3 Å². The smallest absolute Gasteiger partial charge is 0.191 e. The number of hydrogen-bond donors (Lipinski definition) is 2. The van der Waals surface area contributed by atoms with Gasteiger partial charge >= 0.3 is 0 Å². The van der Waals surface area contributed by atoms with Crippen molar-refractivity contribution in [1.29, 1.82) is 0 Å². The van der Waals surface area contributed by atoms with Gasteiger partial charge in [0.2, 0.25) is 0 Å². The molecule has 1 heterocycles. The van der Waals surface area contributed by atoms with Crippen LogP contribution in [0.15, 0.2) is 22.5 Å². The molecule has 4 nitrogen and oxygen atoms in total.